The van der Waals surface area contributed by atoms with Crippen molar-refractivity contribution in [3.63, 3.8) is 0 Å². The van der Waals surface area contributed by atoms with E-state index in [0.717, 1.165) is 6.42 Å². The smallest absolute Gasteiger partial charge is 0.310 e. The minimum Gasteiger partial charge on any atom is -0.481 e. The zero-order valence-electron chi connectivity index (χ0n) is 7.64. The van der Waals surface area contributed by atoms with Crippen molar-refractivity contribution in [3.8, 4) is 0 Å². The third-order valence-corrected chi connectivity index (χ3v) is 2.61. The van der Waals surface area contributed by atoms with Crippen LogP contribution in [0.3, 0.4) is 0 Å². The molecular weight excluding hydrogens is 159 g/mol. The summed E-state index contributed by atoms with van der Waals surface area (Å²) in [4.78, 5) is 10.6. The first-order valence-corrected chi connectivity index (χ1v) is 5.34. The molecule has 0 aliphatic carbocycles. The molecule has 0 aliphatic heterocycles. The van der Waals surface area contributed by atoms with Gasteiger partial charge in [0.2, 0.25) is 0 Å². The van der Waals surface area contributed by atoms with Gasteiger partial charge >= 0.3 is 5.97 Å². The van der Waals surface area contributed by atoms with E-state index in [1.165, 1.54) is 0 Å². The molecule has 11 heavy (non-hydrogen) atoms. The summed E-state index contributed by atoms with van der Waals surface area (Å²) in [6.07, 6.45) is 0.775. The van der Waals surface area contributed by atoms with Crippen molar-refractivity contribution < 1.29 is 9.90 Å². The molecule has 0 bridgehead atoms. The van der Waals surface area contributed by atoms with Gasteiger partial charge in [-0.25, -0.2) is 0 Å². The van der Waals surface area contributed by atoms with Crippen molar-refractivity contribution in [1.82, 2.24) is 0 Å². The largest absolute Gasteiger partial charge is 0.481 e. The topological polar surface area (TPSA) is 37.3 Å². The number of aliphatic carboxylic acids is 1. The second-order valence-corrected chi connectivity index (χ2v) is 5.22. The third-order valence-electron chi connectivity index (χ3n) is 1.46. The van der Waals surface area contributed by atoms with Crippen LogP contribution in [0.2, 0.25) is 0 Å². The van der Waals surface area contributed by atoms with Gasteiger partial charge in [-0.3, -0.25) is 4.79 Å². The molecule has 66 valence electrons. The number of hydrogen-bond donors (Lipinski definition) is 1. The molecular formula is C8H17O2P. The van der Waals surface area contributed by atoms with E-state index in [4.69, 9.17) is 5.11 Å². The van der Waals surface area contributed by atoms with E-state index in [1.54, 1.807) is 0 Å². The molecule has 0 aromatic rings. The summed E-state index contributed by atoms with van der Waals surface area (Å²) < 4.78 is 0. The molecule has 3 heteroatoms. The van der Waals surface area contributed by atoms with Gasteiger partial charge < -0.3 is 5.11 Å². The molecule has 2 atom stereocenters. The predicted octanol–water partition coefficient (Wildman–Crippen LogP) is 2.18. The zero-order valence-corrected chi connectivity index (χ0v) is 8.64. The number of carbonyl (C=O) groups is 1. The van der Waals surface area contributed by atoms with Crippen molar-refractivity contribution in [1.29, 1.82) is 0 Å². The summed E-state index contributed by atoms with van der Waals surface area (Å²) in [6.45, 7) is 8.17. The van der Waals surface area contributed by atoms with Crippen molar-refractivity contribution >= 4 is 14.6 Å². The van der Waals surface area contributed by atoms with Gasteiger partial charge in [-0.1, -0.05) is 20.8 Å². The number of carboxylic acids is 1. The molecule has 0 spiro atoms. The maximum atomic E-state index is 10.6. The summed E-state index contributed by atoms with van der Waals surface area (Å²) in [6, 6.07) is 0. The molecule has 0 amide bonds. The van der Waals surface area contributed by atoms with Crippen molar-refractivity contribution in [2.45, 2.75) is 32.9 Å². The van der Waals surface area contributed by atoms with E-state index in [2.05, 4.69) is 20.8 Å². The van der Waals surface area contributed by atoms with Gasteiger partial charge in [0, 0.05) is 0 Å². The van der Waals surface area contributed by atoms with Crippen LogP contribution in [-0.2, 0) is 4.79 Å². The van der Waals surface area contributed by atoms with Crippen LogP contribution in [0.4, 0.5) is 0 Å². The van der Waals surface area contributed by atoms with Crippen LogP contribution in [0, 0.1) is 5.41 Å². The molecule has 2 nitrogen and oxygen atoms in total. The quantitative estimate of drug-likeness (QED) is 0.669. The van der Waals surface area contributed by atoms with Crippen LogP contribution in [0.5, 0.6) is 0 Å². The van der Waals surface area contributed by atoms with Crippen LogP contribution in [0.15, 0.2) is 0 Å². The summed E-state index contributed by atoms with van der Waals surface area (Å²) in [5.41, 5.74) is -0.0125. The Bertz CT molecular complexity index is 138. The fourth-order valence-electron chi connectivity index (χ4n) is 0.925. The highest BCUT2D eigenvalue weighted by Crippen LogP contribution is 2.29. The second-order valence-electron chi connectivity index (χ2n) is 3.94. The van der Waals surface area contributed by atoms with Gasteiger partial charge in [-0.15, -0.1) is 8.58 Å². The maximum Gasteiger partial charge on any atom is 0.310 e. The minimum absolute atomic E-state index is 0.131. The maximum absolute atomic E-state index is 10.6. The third kappa shape index (κ3) is 5.20. The first kappa shape index (κ1) is 10.9. The standard InChI is InChI=1S/C8H17O2P/c1-8(2,3)5-6(11-4)7(9)10/h6,11H,5H2,1-4H3,(H,9,10). The van der Waals surface area contributed by atoms with Gasteiger partial charge in [0.1, 0.15) is 0 Å². The molecule has 0 heterocycles. The minimum atomic E-state index is -0.652. The first-order chi connectivity index (χ1) is 4.87. The van der Waals surface area contributed by atoms with E-state index in [-0.39, 0.29) is 11.1 Å². The van der Waals surface area contributed by atoms with Gasteiger partial charge in [-0.05, 0) is 18.5 Å². The Kier molecular flexibility index (Phi) is 4.02. The fraction of sp³-hybridized carbons (Fsp3) is 0.875. The summed E-state index contributed by atoms with van der Waals surface area (Å²) in [5, 5.41) is 8.74. The Morgan fingerprint density at radius 3 is 2.09 bits per heavy atom. The van der Waals surface area contributed by atoms with Crippen molar-refractivity contribution in [2.24, 2.45) is 5.41 Å². The molecule has 0 aromatic heterocycles. The van der Waals surface area contributed by atoms with Crippen LogP contribution >= 0.6 is 8.58 Å². The second kappa shape index (κ2) is 4.06. The molecule has 0 radical (unpaired) electrons. The highest BCUT2D eigenvalue weighted by Gasteiger charge is 2.22. The van der Waals surface area contributed by atoms with Gasteiger partial charge in [0.15, 0.2) is 0 Å². The Labute approximate surface area is 70.2 Å². The summed E-state index contributed by atoms with van der Waals surface area (Å²) >= 11 is 0. The van der Waals surface area contributed by atoms with E-state index < -0.39 is 5.97 Å². The van der Waals surface area contributed by atoms with E-state index in [9.17, 15) is 4.79 Å². The van der Waals surface area contributed by atoms with Crippen molar-refractivity contribution in [2.75, 3.05) is 6.66 Å². The summed E-state index contributed by atoms with van der Waals surface area (Å²) in [7, 11) is 0.503. The lowest BCUT2D eigenvalue weighted by Crippen LogP contribution is -2.21. The highest BCUT2D eigenvalue weighted by molar-refractivity contribution is 7.39. The molecule has 0 rings (SSSR count). The SMILES string of the molecule is CPC(CC(C)(C)C)C(=O)O. The number of rotatable bonds is 3. The van der Waals surface area contributed by atoms with Crippen LogP contribution < -0.4 is 0 Å². The van der Waals surface area contributed by atoms with Gasteiger partial charge in [0.05, 0.1) is 5.66 Å². The lowest BCUT2D eigenvalue weighted by molar-refractivity contribution is -0.137. The van der Waals surface area contributed by atoms with E-state index >= 15 is 0 Å². The lowest BCUT2D eigenvalue weighted by atomic mass is 9.90. The predicted molar refractivity (Wildman–Crippen MR) is 49.7 cm³/mol. The van der Waals surface area contributed by atoms with Gasteiger partial charge in [0.25, 0.3) is 0 Å². The highest BCUT2D eigenvalue weighted by atomic mass is 31.1. The number of hydrogen-bond acceptors (Lipinski definition) is 1. The van der Waals surface area contributed by atoms with Crippen LogP contribution in [0.1, 0.15) is 27.2 Å². The molecule has 0 saturated carbocycles. The molecule has 1 N–H and O–H groups in total. The molecule has 0 aliphatic rings. The van der Waals surface area contributed by atoms with E-state index in [1.807, 2.05) is 6.66 Å². The average molecular weight is 176 g/mol. The Morgan fingerprint density at radius 1 is 1.55 bits per heavy atom. The monoisotopic (exact) mass is 176 g/mol. The Hall–Kier alpha value is -0.100. The fourth-order valence-corrected chi connectivity index (χ4v) is 1.99. The zero-order chi connectivity index (χ0) is 9.07. The molecule has 2 unspecified atom stereocenters. The average Bonchev–Trinajstić information content (AvgIpc) is 1.80. The van der Waals surface area contributed by atoms with Gasteiger partial charge in [-0.2, -0.15) is 0 Å². The van der Waals surface area contributed by atoms with Crippen LogP contribution in [-0.4, -0.2) is 23.4 Å². The first-order valence-electron chi connectivity index (χ1n) is 3.77. The normalized spacial score (nSPS) is 15.6. The van der Waals surface area contributed by atoms with Crippen LogP contribution in [0.25, 0.3) is 0 Å². The molecule has 0 saturated heterocycles. The Balaban J connectivity index is 3.99. The van der Waals surface area contributed by atoms with Crippen molar-refractivity contribution in [3.05, 3.63) is 0 Å². The summed E-state index contributed by atoms with van der Waals surface area (Å²) in [5.74, 6) is -0.652. The molecule has 0 fully saturated rings. The van der Waals surface area contributed by atoms with E-state index in [0.29, 0.717) is 8.58 Å². The lowest BCUT2D eigenvalue weighted by Gasteiger charge is -2.21. The number of carboxylic acid groups (broad SMARTS) is 1. The molecule has 0 aromatic carbocycles. The Morgan fingerprint density at radius 2 is 2.00 bits per heavy atom.